The molecule has 4 aromatic rings. The summed E-state index contributed by atoms with van der Waals surface area (Å²) < 4.78 is 13.3. The molecule has 1 saturated carbocycles. The molecule has 0 saturated heterocycles. The van der Waals surface area contributed by atoms with Gasteiger partial charge in [0.15, 0.2) is 5.82 Å². The van der Waals surface area contributed by atoms with Crippen LogP contribution in [-0.4, -0.2) is 20.2 Å². The predicted octanol–water partition coefficient (Wildman–Crippen LogP) is 5.60. The number of benzene rings is 2. The Morgan fingerprint density at radius 1 is 0.935 bits per heavy atom. The highest BCUT2D eigenvalue weighted by atomic mass is 19.1. The average molecular weight is 416 g/mol. The second-order valence-electron chi connectivity index (χ2n) is 8.91. The van der Waals surface area contributed by atoms with Crippen LogP contribution in [0.1, 0.15) is 61.3 Å². The van der Waals surface area contributed by atoms with Crippen LogP contribution in [0.3, 0.4) is 0 Å². The summed E-state index contributed by atoms with van der Waals surface area (Å²) in [7, 11) is 0. The SMILES string of the molecule is Fc1ccc(-c2n[nH]c([C@H]3Cc4c([nH]c5ccccc45)C(C4CCCCC4)N3)n2)cc1. The summed E-state index contributed by atoms with van der Waals surface area (Å²) in [4.78, 5) is 8.52. The quantitative estimate of drug-likeness (QED) is 0.408. The highest BCUT2D eigenvalue weighted by molar-refractivity contribution is 5.85. The summed E-state index contributed by atoms with van der Waals surface area (Å²) in [5, 5.41) is 12.8. The van der Waals surface area contributed by atoms with Crippen LogP contribution in [0.25, 0.3) is 22.3 Å². The fraction of sp³-hybridized carbons (Fsp3) is 0.360. The molecule has 158 valence electrons. The minimum Gasteiger partial charge on any atom is -0.357 e. The van der Waals surface area contributed by atoms with Crippen molar-refractivity contribution in [2.24, 2.45) is 5.92 Å². The zero-order chi connectivity index (χ0) is 20.8. The van der Waals surface area contributed by atoms with Gasteiger partial charge in [-0.3, -0.25) is 10.4 Å². The minimum absolute atomic E-state index is 0.0698. The molecule has 31 heavy (non-hydrogen) atoms. The van der Waals surface area contributed by atoms with E-state index in [4.69, 9.17) is 4.98 Å². The second-order valence-corrected chi connectivity index (χ2v) is 8.91. The van der Waals surface area contributed by atoms with E-state index in [2.05, 4.69) is 44.8 Å². The predicted molar refractivity (Wildman–Crippen MR) is 119 cm³/mol. The van der Waals surface area contributed by atoms with E-state index >= 15 is 0 Å². The molecule has 3 heterocycles. The fourth-order valence-corrected chi connectivity index (χ4v) is 5.44. The first-order chi connectivity index (χ1) is 15.3. The number of halogens is 1. The lowest BCUT2D eigenvalue weighted by Crippen LogP contribution is -2.38. The van der Waals surface area contributed by atoms with E-state index in [0.29, 0.717) is 17.8 Å². The van der Waals surface area contributed by atoms with Crippen LogP contribution in [0.15, 0.2) is 48.5 Å². The number of nitrogens with one attached hydrogen (secondary N) is 3. The summed E-state index contributed by atoms with van der Waals surface area (Å²) in [6, 6.07) is 15.3. The third-order valence-corrected chi connectivity index (χ3v) is 7.00. The molecule has 2 aliphatic rings. The molecule has 2 atom stereocenters. The van der Waals surface area contributed by atoms with Crippen LogP contribution in [0.5, 0.6) is 0 Å². The van der Waals surface area contributed by atoms with Gasteiger partial charge in [0.1, 0.15) is 11.6 Å². The number of hydrogen-bond acceptors (Lipinski definition) is 3. The normalized spacial score (nSPS) is 22.0. The summed E-state index contributed by atoms with van der Waals surface area (Å²) in [5.41, 5.74) is 4.77. The smallest absolute Gasteiger partial charge is 0.181 e. The van der Waals surface area contributed by atoms with Crippen molar-refractivity contribution in [2.75, 3.05) is 0 Å². The fourth-order valence-electron chi connectivity index (χ4n) is 5.44. The topological polar surface area (TPSA) is 69.4 Å². The molecule has 6 rings (SSSR count). The molecule has 1 fully saturated rings. The van der Waals surface area contributed by atoms with E-state index in [0.717, 1.165) is 17.8 Å². The molecular weight excluding hydrogens is 389 g/mol. The number of rotatable bonds is 3. The number of nitrogens with zero attached hydrogens (tertiary/aromatic N) is 2. The highest BCUT2D eigenvalue weighted by Crippen LogP contribution is 2.43. The van der Waals surface area contributed by atoms with Crippen molar-refractivity contribution in [3.63, 3.8) is 0 Å². The molecule has 5 nitrogen and oxygen atoms in total. The lowest BCUT2D eigenvalue weighted by Gasteiger charge is -2.37. The van der Waals surface area contributed by atoms with Crippen molar-refractivity contribution < 1.29 is 4.39 Å². The highest BCUT2D eigenvalue weighted by Gasteiger charge is 2.36. The van der Waals surface area contributed by atoms with Crippen molar-refractivity contribution in [1.29, 1.82) is 0 Å². The van der Waals surface area contributed by atoms with Crippen molar-refractivity contribution in [1.82, 2.24) is 25.5 Å². The maximum atomic E-state index is 13.3. The Balaban J connectivity index is 1.38. The van der Waals surface area contributed by atoms with E-state index < -0.39 is 0 Å². The first-order valence-corrected chi connectivity index (χ1v) is 11.3. The van der Waals surface area contributed by atoms with Gasteiger partial charge in [0.2, 0.25) is 0 Å². The zero-order valence-corrected chi connectivity index (χ0v) is 17.4. The van der Waals surface area contributed by atoms with Crippen molar-refractivity contribution in [3.05, 3.63) is 71.4 Å². The van der Waals surface area contributed by atoms with Crippen LogP contribution in [-0.2, 0) is 6.42 Å². The molecule has 0 spiro atoms. The molecule has 1 unspecified atom stereocenters. The number of H-pyrrole nitrogens is 2. The van der Waals surface area contributed by atoms with Crippen LogP contribution >= 0.6 is 0 Å². The monoisotopic (exact) mass is 415 g/mol. The Hall–Kier alpha value is -2.99. The summed E-state index contributed by atoms with van der Waals surface area (Å²) in [6.45, 7) is 0. The van der Waals surface area contributed by atoms with Crippen LogP contribution < -0.4 is 5.32 Å². The zero-order valence-electron chi connectivity index (χ0n) is 17.4. The van der Waals surface area contributed by atoms with Crippen LogP contribution in [0, 0.1) is 11.7 Å². The third-order valence-electron chi connectivity index (χ3n) is 7.00. The Labute approximate surface area is 180 Å². The summed E-state index contributed by atoms with van der Waals surface area (Å²) >= 11 is 0. The molecule has 1 aliphatic carbocycles. The van der Waals surface area contributed by atoms with Gasteiger partial charge in [-0.15, -0.1) is 0 Å². The molecule has 0 amide bonds. The van der Waals surface area contributed by atoms with Gasteiger partial charge >= 0.3 is 0 Å². The molecule has 0 radical (unpaired) electrons. The van der Waals surface area contributed by atoms with Gasteiger partial charge in [-0.05, 0) is 61.1 Å². The second kappa shape index (κ2) is 7.61. The Morgan fingerprint density at radius 3 is 2.58 bits per heavy atom. The molecular formula is C25H26FN5. The van der Waals surface area contributed by atoms with E-state index in [9.17, 15) is 4.39 Å². The maximum absolute atomic E-state index is 13.3. The summed E-state index contributed by atoms with van der Waals surface area (Å²) in [5.74, 6) is 1.82. The van der Waals surface area contributed by atoms with Gasteiger partial charge in [0, 0.05) is 22.2 Å². The van der Waals surface area contributed by atoms with E-state index in [1.807, 2.05) is 0 Å². The van der Waals surface area contributed by atoms with Crippen LogP contribution in [0.2, 0.25) is 0 Å². The lowest BCUT2D eigenvalue weighted by molar-refractivity contribution is 0.236. The van der Waals surface area contributed by atoms with Crippen molar-refractivity contribution in [3.8, 4) is 11.4 Å². The number of aromatic nitrogens is 4. The van der Waals surface area contributed by atoms with Gasteiger partial charge < -0.3 is 4.98 Å². The third kappa shape index (κ3) is 3.35. The van der Waals surface area contributed by atoms with Crippen molar-refractivity contribution >= 4 is 10.9 Å². The van der Waals surface area contributed by atoms with E-state index in [1.165, 1.54) is 66.4 Å². The molecule has 6 heteroatoms. The Morgan fingerprint density at radius 2 is 1.74 bits per heavy atom. The molecule has 2 aromatic heterocycles. The first kappa shape index (κ1) is 18.8. The lowest BCUT2D eigenvalue weighted by atomic mass is 9.79. The van der Waals surface area contributed by atoms with E-state index in [-0.39, 0.29) is 11.9 Å². The maximum Gasteiger partial charge on any atom is 0.181 e. The van der Waals surface area contributed by atoms with Crippen LogP contribution in [0.4, 0.5) is 4.39 Å². The van der Waals surface area contributed by atoms with Gasteiger partial charge in [0.25, 0.3) is 0 Å². The molecule has 0 bridgehead atoms. The van der Waals surface area contributed by atoms with Gasteiger partial charge in [-0.2, -0.15) is 5.10 Å². The molecule has 3 N–H and O–H groups in total. The number of para-hydroxylation sites is 1. The van der Waals surface area contributed by atoms with E-state index in [1.54, 1.807) is 12.1 Å². The average Bonchev–Trinajstić information content (AvgIpc) is 3.45. The number of hydrogen-bond donors (Lipinski definition) is 3. The minimum atomic E-state index is -0.254. The number of aromatic amines is 2. The van der Waals surface area contributed by atoms with Gasteiger partial charge in [-0.25, -0.2) is 9.37 Å². The Bertz CT molecular complexity index is 1200. The molecule has 1 aliphatic heterocycles. The number of fused-ring (bicyclic) bond motifs is 3. The van der Waals surface area contributed by atoms with Crippen molar-refractivity contribution in [2.45, 2.75) is 50.6 Å². The summed E-state index contributed by atoms with van der Waals surface area (Å²) in [6.07, 6.45) is 7.34. The Kier molecular flexibility index (Phi) is 4.60. The largest absolute Gasteiger partial charge is 0.357 e. The van der Waals surface area contributed by atoms with Gasteiger partial charge in [-0.1, -0.05) is 37.5 Å². The molecule has 2 aromatic carbocycles. The van der Waals surface area contributed by atoms with Gasteiger partial charge in [0.05, 0.1) is 12.1 Å². The standard InChI is InChI=1S/C25H26FN5/c26-17-12-10-16(11-13-17)24-29-25(31-30-24)21-14-19-18-8-4-5-9-20(18)27-23(19)22(28-21)15-6-2-1-3-7-15/h4-5,8-13,15,21-22,27-28H,1-3,6-7,14H2,(H,29,30,31)/t21-,22?/m1/s1. The first-order valence-electron chi connectivity index (χ1n) is 11.3.